The van der Waals surface area contributed by atoms with Gasteiger partial charge in [-0.15, -0.1) is 0 Å². The third-order valence-electron chi connectivity index (χ3n) is 3.53. The first kappa shape index (κ1) is 17.2. The maximum absolute atomic E-state index is 12.6. The molecule has 0 aliphatic carbocycles. The lowest BCUT2D eigenvalue weighted by atomic mass is 10.2. The number of carbonyl (C=O) groups is 2. The minimum absolute atomic E-state index is 0.0381. The van der Waals surface area contributed by atoms with Crippen LogP contribution in [0, 0.1) is 6.92 Å². The highest BCUT2D eigenvalue weighted by Crippen LogP contribution is 2.11. The molecule has 0 N–H and O–H groups in total. The highest BCUT2D eigenvalue weighted by atomic mass is 16.5. The van der Waals surface area contributed by atoms with Crippen molar-refractivity contribution in [1.82, 2.24) is 9.36 Å². The van der Waals surface area contributed by atoms with Gasteiger partial charge in [0.25, 0.3) is 11.3 Å². The molecule has 6 heteroatoms. The number of aromatic nitrogens is 2. The number of carbonyl (C=O) groups excluding carboxylic acids is 2. The van der Waals surface area contributed by atoms with Crippen molar-refractivity contribution in [2.75, 3.05) is 6.61 Å². The molecule has 2 aromatic rings. The molecular weight excluding hydrogens is 308 g/mol. The zero-order chi connectivity index (χ0) is 17.7. The van der Waals surface area contributed by atoms with Crippen molar-refractivity contribution in [3.8, 4) is 5.69 Å². The molecule has 0 saturated carbocycles. The van der Waals surface area contributed by atoms with E-state index in [1.807, 2.05) is 30.3 Å². The Morgan fingerprint density at radius 3 is 2.54 bits per heavy atom. The summed E-state index contributed by atoms with van der Waals surface area (Å²) in [5.74, 6) is -1.81. The van der Waals surface area contributed by atoms with Gasteiger partial charge in [0.1, 0.15) is 6.61 Å². The molecule has 24 heavy (non-hydrogen) atoms. The van der Waals surface area contributed by atoms with Gasteiger partial charge in [-0.1, -0.05) is 30.9 Å². The van der Waals surface area contributed by atoms with Gasteiger partial charge in [-0.3, -0.25) is 14.3 Å². The highest BCUT2D eigenvalue weighted by Gasteiger charge is 2.16. The third-order valence-corrected chi connectivity index (χ3v) is 3.53. The first-order valence-electron chi connectivity index (χ1n) is 7.31. The molecule has 0 atom stereocenters. The van der Waals surface area contributed by atoms with Crippen LogP contribution in [0.1, 0.15) is 11.3 Å². The van der Waals surface area contributed by atoms with Crippen molar-refractivity contribution in [3.05, 3.63) is 70.7 Å². The minimum Gasteiger partial charge on any atom is -0.455 e. The van der Waals surface area contributed by atoms with Gasteiger partial charge in [0.15, 0.2) is 0 Å². The number of hydrogen-bond acceptors (Lipinski definition) is 4. The minimum atomic E-state index is -0.983. The summed E-state index contributed by atoms with van der Waals surface area (Å²) in [5, 5.41) is 0. The number of para-hydroxylation sites is 1. The Morgan fingerprint density at radius 2 is 1.92 bits per heavy atom. The second-order valence-corrected chi connectivity index (χ2v) is 5.06. The molecule has 0 spiro atoms. The van der Waals surface area contributed by atoms with Gasteiger partial charge in [-0.2, -0.15) is 0 Å². The van der Waals surface area contributed by atoms with Crippen molar-refractivity contribution >= 4 is 17.8 Å². The number of rotatable bonds is 6. The molecule has 0 amide bonds. The first-order chi connectivity index (χ1) is 11.5. The van der Waals surface area contributed by atoms with Crippen molar-refractivity contribution in [2.45, 2.75) is 6.92 Å². The van der Waals surface area contributed by atoms with Gasteiger partial charge in [-0.05, 0) is 31.2 Å². The zero-order valence-corrected chi connectivity index (χ0v) is 13.6. The van der Waals surface area contributed by atoms with E-state index in [0.29, 0.717) is 16.9 Å². The summed E-state index contributed by atoms with van der Waals surface area (Å²) in [4.78, 5) is 35.7. The lowest BCUT2D eigenvalue weighted by Gasteiger charge is -2.07. The Kier molecular flexibility index (Phi) is 5.31. The SMILES string of the molecule is C=CCOC(=O)C(=O)/C=C/c1c(C)n(C)n(-c2ccccc2)c1=O. The predicted octanol–water partition coefficient (Wildman–Crippen LogP) is 1.80. The van der Waals surface area contributed by atoms with Crippen molar-refractivity contribution in [2.24, 2.45) is 7.05 Å². The normalized spacial score (nSPS) is 10.8. The van der Waals surface area contributed by atoms with Crippen LogP contribution in [0.15, 0.2) is 53.9 Å². The smallest absolute Gasteiger partial charge is 0.379 e. The van der Waals surface area contributed by atoms with Gasteiger partial charge in [0.2, 0.25) is 0 Å². The Bertz CT molecular complexity index is 857. The summed E-state index contributed by atoms with van der Waals surface area (Å²) < 4.78 is 7.84. The molecule has 124 valence electrons. The second-order valence-electron chi connectivity index (χ2n) is 5.06. The molecule has 0 bridgehead atoms. The predicted molar refractivity (Wildman–Crippen MR) is 90.9 cm³/mol. The van der Waals surface area contributed by atoms with Crippen LogP contribution < -0.4 is 5.56 Å². The van der Waals surface area contributed by atoms with Crippen LogP contribution in [0.5, 0.6) is 0 Å². The van der Waals surface area contributed by atoms with Crippen LogP contribution in [0.3, 0.4) is 0 Å². The van der Waals surface area contributed by atoms with E-state index in [1.54, 1.807) is 18.7 Å². The van der Waals surface area contributed by atoms with Crippen LogP contribution in [-0.2, 0) is 21.4 Å². The van der Waals surface area contributed by atoms with E-state index in [9.17, 15) is 14.4 Å². The number of ether oxygens (including phenoxy) is 1. The molecule has 1 aromatic carbocycles. The molecule has 0 aliphatic heterocycles. The number of ketones is 1. The van der Waals surface area contributed by atoms with Gasteiger partial charge < -0.3 is 4.74 Å². The van der Waals surface area contributed by atoms with E-state index < -0.39 is 11.8 Å². The Hall–Kier alpha value is -3.15. The van der Waals surface area contributed by atoms with E-state index >= 15 is 0 Å². The van der Waals surface area contributed by atoms with Gasteiger partial charge in [0, 0.05) is 12.7 Å². The number of hydrogen-bond donors (Lipinski definition) is 0. The third kappa shape index (κ3) is 3.43. The fourth-order valence-corrected chi connectivity index (χ4v) is 2.21. The summed E-state index contributed by atoms with van der Waals surface area (Å²) in [6.45, 7) is 5.12. The summed E-state index contributed by atoms with van der Waals surface area (Å²) in [6.07, 6.45) is 3.76. The fraction of sp³-hybridized carbons (Fsp3) is 0.167. The lowest BCUT2D eigenvalue weighted by molar-refractivity contribution is -0.150. The van der Waals surface area contributed by atoms with E-state index in [0.717, 1.165) is 6.08 Å². The van der Waals surface area contributed by atoms with Crippen molar-refractivity contribution in [3.63, 3.8) is 0 Å². The summed E-state index contributed by atoms with van der Waals surface area (Å²) in [7, 11) is 1.75. The second kappa shape index (κ2) is 7.41. The standard InChI is InChI=1S/C18H18N2O4/c1-4-12-24-18(23)16(21)11-10-15-13(2)19(3)20(17(15)22)14-8-6-5-7-9-14/h4-11H,1,12H2,2-3H3/b11-10+. The van der Waals surface area contributed by atoms with Gasteiger partial charge >= 0.3 is 5.97 Å². The van der Waals surface area contributed by atoms with E-state index in [2.05, 4.69) is 11.3 Å². The average Bonchev–Trinajstić information content (AvgIpc) is 2.80. The van der Waals surface area contributed by atoms with Crippen LogP contribution in [-0.4, -0.2) is 27.7 Å². The van der Waals surface area contributed by atoms with E-state index in [1.165, 1.54) is 16.8 Å². The topological polar surface area (TPSA) is 70.3 Å². The molecule has 0 fully saturated rings. The Balaban J connectivity index is 2.34. The fourth-order valence-electron chi connectivity index (χ4n) is 2.21. The molecule has 1 heterocycles. The van der Waals surface area contributed by atoms with E-state index in [-0.39, 0.29) is 12.2 Å². The number of benzene rings is 1. The summed E-state index contributed by atoms with van der Waals surface area (Å²) in [5.41, 5.74) is 1.45. The molecule has 1 aromatic heterocycles. The summed E-state index contributed by atoms with van der Waals surface area (Å²) >= 11 is 0. The van der Waals surface area contributed by atoms with Crippen LogP contribution in [0.4, 0.5) is 0 Å². The molecule has 0 unspecified atom stereocenters. The number of nitrogens with zero attached hydrogens (tertiary/aromatic N) is 2. The lowest BCUT2D eigenvalue weighted by Crippen LogP contribution is -2.20. The quantitative estimate of drug-likeness (QED) is 0.351. The van der Waals surface area contributed by atoms with Crippen LogP contribution in [0.2, 0.25) is 0 Å². The van der Waals surface area contributed by atoms with Gasteiger partial charge in [-0.25, -0.2) is 9.48 Å². The van der Waals surface area contributed by atoms with Crippen LogP contribution in [0.25, 0.3) is 11.8 Å². The molecule has 2 rings (SSSR count). The molecule has 0 saturated heterocycles. The van der Waals surface area contributed by atoms with Crippen molar-refractivity contribution in [1.29, 1.82) is 0 Å². The number of esters is 1. The van der Waals surface area contributed by atoms with E-state index in [4.69, 9.17) is 0 Å². The Labute approximate surface area is 139 Å². The Morgan fingerprint density at radius 1 is 1.25 bits per heavy atom. The molecule has 0 aliphatic rings. The highest BCUT2D eigenvalue weighted by molar-refractivity contribution is 6.39. The maximum Gasteiger partial charge on any atom is 0.379 e. The molecule has 6 nitrogen and oxygen atoms in total. The maximum atomic E-state index is 12.6. The monoisotopic (exact) mass is 326 g/mol. The summed E-state index contributed by atoms with van der Waals surface area (Å²) in [6, 6.07) is 9.15. The molecular formula is C18H18N2O4. The zero-order valence-electron chi connectivity index (χ0n) is 13.6. The van der Waals surface area contributed by atoms with Crippen LogP contribution >= 0.6 is 0 Å². The average molecular weight is 326 g/mol. The van der Waals surface area contributed by atoms with Crippen molar-refractivity contribution < 1.29 is 14.3 Å². The molecule has 0 radical (unpaired) electrons. The largest absolute Gasteiger partial charge is 0.455 e. The van der Waals surface area contributed by atoms with Gasteiger partial charge in [0.05, 0.1) is 11.3 Å². The first-order valence-corrected chi connectivity index (χ1v) is 7.31.